The van der Waals surface area contributed by atoms with Crippen molar-refractivity contribution in [2.24, 2.45) is 0 Å². The van der Waals surface area contributed by atoms with E-state index in [1.54, 1.807) is 30.3 Å². The zero-order chi connectivity index (χ0) is 20.3. The SMILES string of the molecule is COc1cccc(C(=O)Nc2nnc(-c3ccc(S(C)(=O)=O)cc3)o2)c1OC. The van der Waals surface area contributed by atoms with Gasteiger partial charge in [0.1, 0.15) is 0 Å². The van der Waals surface area contributed by atoms with Gasteiger partial charge in [-0.2, -0.15) is 0 Å². The van der Waals surface area contributed by atoms with Crippen molar-refractivity contribution in [2.75, 3.05) is 25.8 Å². The van der Waals surface area contributed by atoms with Crippen molar-refractivity contribution in [3.63, 3.8) is 0 Å². The number of rotatable bonds is 6. The lowest BCUT2D eigenvalue weighted by Crippen LogP contribution is -2.13. The van der Waals surface area contributed by atoms with E-state index in [4.69, 9.17) is 13.9 Å². The highest BCUT2D eigenvalue weighted by Crippen LogP contribution is 2.31. The van der Waals surface area contributed by atoms with E-state index in [-0.39, 0.29) is 28.1 Å². The molecule has 0 saturated carbocycles. The number of carbonyl (C=O) groups is 1. The van der Waals surface area contributed by atoms with Gasteiger partial charge in [0.25, 0.3) is 5.91 Å². The van der Waals surface area contributed by atoms with Crippen molar-refractivity contribution in [3.05, 3.63) is 48.0 Å². The molecule has 28 heavy (non-hydrogen) atoms. The van der Waals surface area contributed by atoms with Crippen LogP contribution in [-0.2, 0) is 9.84 Å². The first kappa shape index (κ1) is 19.4. The zero-order valence-corrected chi connectivity index (χ0v) is 16.1. The molecule has 0 aliphatic rings. The van der Waals surface area contributed by atoms with Crippen LogP contribution in [0.5, 0.6) is 11.5 Å². The molecule has 1 aromatic heterocycles. The summed E-state index contributed by atoms with van der Waals surface area (Å²) in [5, 5.41) is 10.2. The Labute approximate surface area is 161 Å². The number of ether oxygens (including phenoxy) is 2. The van der Waals surface area contributed by atoms with Gasteiger partial charge in [-0.05, 0) is 36.4 Å². The average molecular weight is 403 g/mol. The third-order valence-electron chi connectivity index (χ3n) is 3.82. The number of nitrogens with one attached hydrogen (secondary N) is 1. The standard InChI is InChI=1S/C18H17N3O6S/c1-25-14-6-4-5-13(15(14)26-2)16(22)19-18-21-20-17(27-18)11-7-9-12(10-8-11)28(3,23)24/h4-10H,1-3H3,(H,19,21,22). The summed E-state index contributed by atoms with van der Waals surface area (Å²) >= 11 is 0. The fraction of sp³-hybridized carbons (Fsp3) is 0.167. The molecule has 1 N–H and O–H groups in total. The minimum absolute atomic E-state index is 0.114. The van der Waals surface area contributed by atoms with Crippen molar-refractivity contribution in [1.29, 1.82) is 0 Å². The monoisotopic (exact) mass is 403 g/mol. The van der Waals surface area contributed by atoms with Gasteiger partial charge < -0.3 is 13.9 Å². The van der Waals surface area contributed by atoms with Crippen LogP contribution < -0.4 is 14.8 Å². The molecule has 10 heteroatoms. The highest BCUT2D eigenvalue weighted by molar-refractivity contribution is 7.90. The molecule has 0 saturated heterocycles. The van der Waals surface area contributed by atoms with E-state index in [0.29, 0.717) is 11.3 Å². The Hall–Kier alpha value is -3.40. The van der Waals surface area contributed by atoms with Crippen LogP contribution in [0.25, 0.3) is 11.5 Å². The van der Waals surface area contributed by atoms with E-state index in [0.717, 1.165) is 6.26 Å². The summed E-state index contributed by atoms with van der Waals surface area (Å²) in [4.78, 5) is 12.7. The first-order valence-electron chi connectivity index (χ1n) is 8.00. The van der Waals surface area contributed by atoms with Gasteiger partial charge in [-0.1, -0.05) is 11.2 Å². The first-order chi connectivity index (χ1) is 13.3. The Morgan fingerprint density at radius 2 is 1.75 bits per heavy atom. The second-order valence-electron chi connectivity index (χ2n) is 5.70. The summed E-state index contributed by atoms with van der Waals surface area (Å²) in [7, 11) is -0.400. The number of hydrogen-bond acceptors (Lipinski definition) is 8. The predicted octanol–water partition coefficient (Wildman–Crippen LogP) is 2.41. The largest absolute Gasteiger partial charge is 0.493 e. The lowest BCUT2D eigenvalue weighted by Gasteiger charge is -2.11. The van der Waals surface area contributed by atoms with Gasteiger partial charge in [-0.25, -0.2) is 8.42 Å². The minimum atomic E-state index is -3.30. The molecular formula is C18H17N3O6S. The van der Waals surface area contributed by atoms with Crippen molar-refractivity contribution in [3.8, 4) is 23.0 Å². The first-order valence-corrected chi connectivity index (χ1v) is 9.89. The van der Waals surface area contributed by atoms with E-state index in [2.05, 4.69) is 15.5 Å². The maximum Gasteiger partial charge on any atom is 0.322 e. The summed E-state index contributed by atoms with van der Waals surface area (Å²) in [6.07, 6.45) is 1.12. The number of benzene rings is 2. The molecule has 0 unspecified atom stereocenters. The number of hydrogen-bond donors (Lipinski definition) is 1. The molecule has 1 amide bonds. The number of aromatic nitrogens is 2. The number of sulfone groups is 1. The van der Waals surface area contributed by atoms with Crippen LogP contribution in [0, 0.1) is 0 Å². The summed E-state index contributed by atoms with van der Waals surface area (Å²) < 4.78 is 38.9. The summed E-state index contributed by atoms with van der Waals surface area (Å²) in [5.41, 5.74) is 0.749. The Morgan fingerprint density at radius 1 is 1.04 bits per heavy atom. The van der Waals surface area contributed by atoms with E-state index < -0.39 is 15.7 Å². The third kappa shape index (κ3) is 3.96. The molecule has 0 bridgehead atoms. The molecule has 3 aromatic rings. The second-order valence-corrected chi connectivity index (χ2v) is 7.72. The van der Waals surface area contributed by atoms with Gasteiger partial charge in [0.05, 0.1) is 24.7 Å². The number of amides is 1. The van der Waals surface area contributed by atoms with Crippen LogP contribution in [0.3, 0.4) is 0 Å². The highest BCUT2D eigenvalue weighted by atomic mass is 32.2. The minimum Gasteiger partial charge on any atom is -0.493 e. The summed E-state index contributed by atoms with van der Waals surface area (Å²) in [6, 6.07) is 10.7. The van der Waals surface area contributed by atoms with Crippen LogP contribution in [0.15, 0.2) is 51.8 Å². The maximum atomic E-state index is 12.5. The normalized spacial score (nSPS) is 11.1. The van der Waals surface area contributed by atoms with Crippen LogP contribution >= 0.6 is 0 Å². The van der Waals surface area contributed by atoms with Crippen LogP contribution in [0.2, 0.25) is 0 Å². The Kier molecular flexibility index (Phi) is 5.32. The number of methoxy groups -OCH3 is 2. The Morgan fingerprint density at radius 3 is 2.36 bits per heavy atom. The molecular weight excluding hydrogens is 386 g/mol. The van der Waals surface area contributed by atoms with Crippen LogP contribution in [0.1, 0.15) is 10.4 Å². The molecule has 0 aliphatic heterocycles. The highest BCUT2D eigenvalue weighted by Gasteiger charge is 2.19. The van der Waals surface area contributed by atoms with Gasteiger partial charge in [0.15, 0.2) is 21.3 Å². The van der Waals surface area contributed by atoms with E-state index in [1.807, 2.05) is 0 Å². The van der Waals surface area contributed by atoms with E-state index in [9.17, 15) is 13.2 Å². The number of carbonyl (C=O) groups excluding carboxylic acids is 1. The predicted molar refractivity (Wildman–Crippen MR) is 100 cm³/mol. The summed E-state index contributed by atoms with van der Waals surface area (Å²) in [5.74, 6) is 0.303. The molecule has 2 aromatic carbocycles. The fourth-order valence-corrected chi connectivity index (χ4v) is 3.10. The van der Waals surface area contributed by atoms with Gasteiger partial charge in [0, 0.05) is 11.8 Å². The quantitative estimate of drug-likeness (QED) is 0.666. The van der Waals surface area contributed by atoms with Crippen molar-refractivity contribution in [1.82, 2.24) is 10.2 Å². The van der Waals surface area contributed by atoms with Crippen molar-refractivity contribution < 1.29 is 27.1 Å². The van der Waals surface area contributed by atoms with Crippen molar-refractivity contribution >= 4 is 21.8 Å². The molecule has 0 atom stereocenters. The molecule has 146 valence electrons. The summed E-state index contributed by atoms with van der Waals surface area (Å²) in [6.45, 7) is 0. The zero-order valence-electron chi connectivity index (χ0n) is 15.3. The smallest absolute Gasteiger partial charge is 0.322 e. The Bertz CT molecular complexity index is 1110. The van der Waals surface area contributed by atoms with Gasteiger partial charge in [-0.15, -0.1) is 5.10 Å². The molecule has 9 nitrogen and oxygen atoms in total. The van der Waals surface area contributed by atoms with Crippen molar-refractivity contribution in [2.45, 2.75) is 4.90 Å². The molecule has 0 fully saturated rings. The van der Waals surface area contributed by atoms with E-state index in [1.165, 1.54) is 26.4 Å². The lowest BCUT2D eigenvalue weighted by atomic mass is 10.1. The number of anilines is 1. The number of nitrogens with zero attached hydrogens (tertiary/aromatic N) is 2. The lowest BCUT2D eigenvalue weighted by molar-refractivity contribution is 0.102. The van der Waals surface area contributed by atoms with E-state index >= 15 is 0 Å². The maximum absolute atomic E-state index is 12.5. The third-order valence-corrected chi connectivity index (χ3v) is 4.95. The topological polar surface area (TPSA) is 121 Å². The fourth-order valence-electron chi connectivity index (χ4n) is 2.47. The van der Waals surface area contributed by atoms with Gasteiger partial charge >= 0.3 is 6.01 Å². The van der Waals surface area contributed by atoms with Crippen LogP contribution in [0.4, 0.5) is 6.01 Å². The second kappa shape index (κ2) is 7.69. The molecule has 3 rings (SSSR count). The van der Waals surface area contributed by atoms with Crippen LogP contribution in [-0.4, -0.2) is 45.0 Å². The molecule has 1 heterocycles. The average Bonchev–Trinajstić information content (AvgIpc) is 3.15. The number of para-hydroxylation sites is 1. The van der Waals surface area contributed by atoms with Gasteiger partial charge in [-0.3, -0.25) is 10.1 Å². The molecule has 0 spiro atoms. The van der Waals surface area contributed by atoms with Gasteiger partial charge in [0.2, 0.25) is 5.89 Å². The molecule has 0 aliphatic carbocycles. The molecule has 0 radical (unpaired) electrons. The Balaban J connectivity index is 1.81.